The lowest BCUT2D eigenvalue weighted by Crippen LogP contribution is -2.26. The van der Waals surface area contributed by atoms with Crippen LogP contribution in [0.1, 0.15) is 68.4 Å². The van der Waals surface area contributed by atoms with Crippen LogP contribution in [0.15, 0.2) is 53.4 Å². The Kier molecular flexibility index (Phi) is 7.46. The molecule has 1 aliphatic rings. The molecule has 0 amide bonds. The maximum absolute atomic E-state index is 9.62. The third-order valence-electron chi connectivity index (χ3n) is 6.19. The van der Waals surface area contributed by atoms with Crippen LogP contribution in [0, 0.1) is 18.3 Å². The zero-order valence-electron chi connectivity index (χ0n) is 19.9. The Bertz CT molecular complexity index is 1070. The third-order valence-corrected chi connectivity index (χ3v) is 6.19. The molecule has 2 aromatic carbocycles. The maximum atomic E-state index is 9.62. The van der Waals surface area contributed by atoms with E-state index in [1.807, 2.05) is 25.1 Å². The van der Waals surface area contributed by atoms with E-state index in [0.717, 1.165) is 47.4 Å². The lowest BCUT2D eigenvalue weighted by atomic mass is 9.76. The molecule has 0 saturated heterocycles. The van der Waals surface area contributed by atoms with Crippen molar-refractivity contribution in [2.24, 2.45) is 0 Å². The summed E-state index contributed by atoms with van der Waals surface area (Å²) in [5, 5.41) is 22.1. The van der Waals surface area contributed by atoms with E-state index in [1.165, 1.54) is 16.7 Å². The van der Waals surface area contributed by atoms with Crippen molar-refractivity contribution in [1.29, 1.82) is 5.26 Å². The number of nitrogens with zero attached hydrogens (tertiary/aromatic N) is 1. The van der Waals surface area contributed by atoms with Gasteiger partial charge >= 0.3 is 0 Å². The molecule has 0 bridgehead atoms. The van der Waals surface area contributed by atoms with E-state index in [-0.39, 0.29) is 11.5 Å². The monoisotopic (exact) mass is 430 g/mol. The fourth-order valence-electron chi connectivity index (χ4n) is 3.96. The molecule has 0 aliphatic heterocycles. The van der Waals surface area contributed by atoms with Gasteiger partial charge in [-0.1, -0.05) is 51.1 Å². The molecule has 3 rings (SSSR count). The minimum absolute atomic E-state index is 0.218. The van der Waals surface area contributed by atoms with E-state index < -0.39 is 0 Å². The number of benzene rings is 2. The van der Waals surface area contributed by atoms with Gasteiger partial charge in [0, 0.05) is 24.0 Å². The number of aryl methyl sites for hydroxylation is 1. The first-order valence-corrected chi connectivity index (χ1v) is 11.4. The molecule has 4 nitrogen and oxygen atoms in total. The summed E-state index contributed by atoms with van der Waals surface area (Å²) in [5.74, 6) is 0.831. The summed E-state index contributed by atoms with van der Waals surface area (Å²) in [6, 6.07) is 14.9. The molecule has 0 heterocycles. The zero-order valence-corrected chi connectivity index (χ0v) is 19.9. The Morgan fingerprint density at radius 1 is 1.22 bits per heavy atom. The average molecular weight is 431 g/mol. The minimum atomic E-state index is -0.364. The highest BCUT2D eigenvalue weighted by atomic mass is 16.5. The molecule has 1 unspecified atom stereocenters. The van der Waals surface area contributed by atoms with Crippen molar-refractivity contribution >= 4 is 0 Å². The summed E-state index contributed by atoms with van der Waals surface area (Å²) in [5.41, 5.74) is 10.7. The number of hydrogen-bond donors (Lipinski definition) is 2. The fraction of sp³-hybridized carbons (Fsp3) is 0.429. The second-order valence-corrected chi connectivity index (χ2v) is 9.22. The fourth-order valence-corrected chi connectivity index (χ4v) is 3.96. The number of hydrogen-bond acceptors (Lipinski definition) is 4. The number of rotatable bonds is 10. The van der Waals surface area contributed by atoms with Crippen LogP contribution in [0.4, 0.5) is 0 Å². The van der Waals surface area contributed by atoms with Crippen LogP contribution >= 0.6 is 0 Å². The van der Waals surface area contributed by atoms with Crippen molar-refractivity contribution in [3.8, 4) is 11.8 Å². The molecular weight excluding hydrogens is 396 g/mol. The van der Waals surface area contributed by atoms with Gasteiger partial charge in [-0.2, -0.15) is 5.26 Å². The van der Waals surface area contributed by atoms with Gasteiger partial charge in [-0.15, -0.1) is 0 Å². The molecule has 1 atom stereocenters. The van der Waals surface area contributed by atoms with Crippen LogP contribution in [-0.4, -0.2) is 24.4 Å². The van der Waals surface area contributed by atoms with Crippen LogP contribution in [0.25, 0.3) is 0 Å². The van der Waals surface area contributed by atoms with Gasteiger partial charge in [0.05, 0.1) is 23.4 Å². The van der Waals surface area contributed by atoms with E-state index >= 15 is 0 Å². The van der Waals surface area contributed by atoms with Gasteiger partial charge in [0.1, 0.15) is 12.4 Å². The number of nitrogens with one attached hydrogen (secondary N) is 1. The summed E-state index contributed by atoms with van der Waals surface area (Å²) in [7, 11) is 0. The van der Waals surface area contributed by atoms with Gasteiger partial charge in [0.25, 0.3) is 0 Å². The third kappa shape index (κ3) is 5.43. The first-order valence-electron chi connectivity index (χ1n) is 11.4. The molecule has 0 spiro atoms. The second kappa shape index (κ2) is 10.1. The van der Waals surface area contributed by atoms with Gasteiger partial charge in [-0.3, -0.25) is 0 Å². The SMILES string of the molecule is CCCc1cc(C(C)(C)c2ccc(OCC3=C=C(NCC(C)O)C3)cc2)cc(C#N)c1C. The maximum Gasteiger partial charge on any atom is 0.119 e. The van der Waals surface area contributed by atoms with E-state index in [0.29, 0.717) is 13.2 Å². The molecule has 4 heteroatoms. The van der Waals surface area contributed by atoms with Crippen LogP contribution in [0.2, 0.25) is 0 Å². The highest BCUT2D eigenvalue weighted by Gasteiger charge is 2.25. The summed E-state index contributed by atoms with van der Waals surface area (Å²) in [6.45, 7) is 11.5. The molecule has 0 aromatic heterocycles. The Hall–Kier alpha value is -2.99. The van der Waals surface area contributed by atoms with E-state index in [1.54, 1.807) is 6.92 Å². The molecule has 32 heavy (non-hydrogen) atoms. The molecule has 0 fully saturated rings. The van der Waals surface area contributed by atoms with Crippen molar-refractivity contribution < 1.29 is 9.84 Å². The van der Waals surface area contributed by atoms with Crippen molar-refractivity contribution in [3.63, 3.8) is 0 Å². The van der Waals surface area contributed by atoms with Crippen LogP contribution in [-0.2, 0) is 11.8 Å². The summed E-state index contributed by atoms with van der Waals surface area (Å²) in [4.78, 5) is 0. The van der Waals surface area contributed by atoms with Crippen LogP contribution < -0.4 is 10.1 Å². The van der Waals surface area contributed by atoms with Gasteiger partial charge in [-0.25, -0.2) is 0 Å². The van der Waals surface area contributed by atoms with Gasteiger partial charge in [0.15, 0.2) is 0 Å². The van der Waals surface area contributed by atoms with E-state index in [9.17, 15) is 10.4 Å². The minimum Gasteiger partial charge on any atom is -0.489 e. The first kappa shape index (κ1) is 23.7. The Morgan fingerprint density at radius 3 is 2.50 bits per heavy atom. The number of nitriles is 1. The van der Waals surface area contributed by atoms with Gasteiger partial charge < -0.3 is 15.2 Å². The van der Waals surface area contributed by atoms with Crippen LogP contribution in [0.5, 0.6) is 5.75 Å². The predicted molar refractivity (Wildman–Crippen MR) is 129 cm³/mol. The van der Waals surface area contributed by atoms with E-state index in [4.69, 9.17) is 4.74 Å². The average Bonchev–Trinajstić information content (AvgIpc) is 2.73. The lowest BCUT2D eigenvalue weighted by Gasteiger charge is -2.28. The summed E-state index contributed by atoms with van der Waals surface area (Å²) in [6.07, 6.45) is 2.51. The van der Waals surface area contributed by atoms with Crippen molar-refractivity contribution in [3.05, 3.63) is 81.2 Å². The Morgan fingerprint density at radius 2 is 1.91 bits per heavy atom. The Balaban J connectivity index is 1.71. The summed E-state index contributed by atoms with van der Waals surface area (Å²) < 4.78 is 5.93. The topological polar surface area (TPSA) is 65.3 Å². The molecule has 1 aliphatic carbocycles. The van der Waals surface area contributed by atoms with Crippen molar-refractivity contribution in [1.82, 2.24) is 5.32 Å². The standard InChI is InChI=1S/C28H34N2O2/c1-6-7-22-14-25(15-23(16-29)20(22)3)28(4,5)24-8-10-27(11-9-24)32-18-21-12-26(13-21)30-17-19(2)31/h8-11,14-15,19,30-31H,6-7,12,17-18H2,1-5H3. The molecule has 2 aromatic rings. The molecule has 168 valence electrons. The number of ether oxygens (including phenoxy) is 1. The highest BCUT2D eigenvalue weighted by Crippen LogP contribution is 2.35. The van der Waals surface area contributed by atoms with E-state index in [2.05, 4.69) is 56.1 Å². The zero-order chi connectivity index (χ0) is 23.3. The lowest BCUT2D eigenvalue weighted by molar-refractivity contribution is 0.194. The molecule has 0 radical (unpaired) electrons. The van der Waals surface area contributed by atoms with Crippen molar-refractivity contribution in [2.75, 3.05) is 13.2 Å². The number of aliphatic hydroxyl groups excluding tert-OH is 1. The van der Waals surface area contributed by atoms with Gasteiger partial charge in [0.2, 0.25) is 0 Å². The molecule has 2 N–H and O–H groups in total. The van der Waals surface area contributed by atoms with Crippen LogP contribution in [0.3, 0.4) is 0 Å². The molecular formula is C28H34N2O2. The largest absolute Gasteiger partial charge is 0.489 e. The predicted octanol–water partition coefficient (Wildman–Crippen LogP) is 5.31. The smallest absolute Gasteiger partial charge is 0.119 e. The van der Waals surface area contributed by atoms with Crippen molar-refractivity contribution in [2.45, 2.75) is 65.4 Å². The molecule has 0 saturated carbocycles. The quantitative estimate of drug-likeness (QED) is 0.502. The highest BCUT2D eigenvalue weighted by molar-refractivity contribution is 5.50. The van der Waals surface area contributed by atoms with Gasteiger partial charge in [-0.05, 0) is 60.7 Å². The summed E-state index contributed by atoms with van der Waals surface area (Å²) >= 11 is 0. The first-order chi connectivity index (χ1) is 15.2. The number of aliphatic hydroxyl groups is 1. The second-order valence-electron chi connectivity index (χ2n) is 9.22. The normalized spacial score (nSPS) is 14.0. The Labute approximate surface area is 192 Å².